The highest BCUT2D eigenvalue weighted by atomic mass is 32.1. The molecule has 2 atom stereocenters. The smallest absolute Gasteiger partial charge is 0.107 e. The van der Waals surface area contributed by atoms with E-state index >= 15 is 0 Å². The van der Waals surface area contributed by atoms with Crippen molar-refractivity contribution in [3.8, 4) is 0 Å². The Morgan fingerprint density at radius 1 is 1.62 bits per heavy atom. The first-order valence-electron chi connectivity index (χ1n) is 6.17. The van der Waals surface area contributed by atoms with Crippen molar-refractivity contribution in [1.82, 2.24) is 15.6 Å². The van der Waals surface area contributed by atoms with Crippen molar-refractivity contribution in [2.75, 3.05) is 13.1 Å². The van der Waals surface area contributed by atoms with Crippen LogP contribution >= 0.6 is 11.3 Å². The van der Waals surface area contributed by atoms with E-state index in [4.69, 9.17) is 0 Å². The third-order valence-corrected chi connectivity index (χ3v) is 4.39. The van der Waals surface area contributed by atoms with Crippen molar-refractivity contribution in [2.24, 2.45) is 5.92 Å². The molecule has 2 N–H and O–H groups in total. The molecule has 0 saturated carbocycles. The number of rotatable bonds is 4. The number of hydrogen-bond donors (Lipinski definition) is 2. The van der Waals surface area contributed by atoms with E-state index in [2.05, 4.69) is 29.5 Å². The van der Waals surface area contributed by atoms with E-state index in [1.807, 2.05) is 17.5 Å². The van der Waals surface area contributed by atoms with Crippen LogP contribution in [0, 0.1) is 5.92 Å². The summed E-state index contributed by atoms with van der Waals surface area (Å²) in [6, 6.07) is 0.648. The fourth-order valence-corrected chi connectivity index (χ4v) is 2.94. The van der Waals surface area contributed by atoms with Crippen molar-refractivity contribution < 1.29 is 0 Å². The Kier molecular flexibility index (Phi) is 4.32. The first-order valence-corrected chi connectivity index (χ1v) is 6.99. The number of piperidine rings is 1. The Hall–Kier alpha value is -0.450. The van der Waals surface area contributed by atoms with E-state index in [1.54, 1.807) is 0 Å². The minimum absolute atomic E-state index is 0.648. The summed E-state index contributed by atoms with van der Waals surface area (Å²) >= 11 is 1.83. The maximum absolute atomic E-state index is 4.44. The molecule has 1 fully saturated rings. The second-order valence-corrected chi connectivity index (χ2v) is 5.73. The van der Waals surface area contributed by atoms with Gasteiger partial charge in [0.1, 0.15) is 5.01 Å². The van der Waals surface area contributed by atoms with Gasteiger partial charge in [0.25, 0.3) is 0 Å². The zero-order valence-electron chi connectivity index (χ0n) is 10.1. The van der Waals surface area contributed by atoms with Gasteiger partial charge in [-0.1, -0.05) is 13.8 Å². The summed E-state index contributed by atoms with van der Waals surface area (Å²) in [5.74, 6) is 0.722. The minimum Gasteiger partial charge on any atom is -0.316 e. The maximum atomic E-state index is 4.44. The number of aromatic nitrogens is 1. The molecule has 16 heavy (non-hydrogen) atoms. The molecule has 4 heteroatoms. The van der Waals surface area contributed by atoms with Crippen LogP contribution in [-0.2, 0) is 13.0 Å². The van der Waals surface area contributed by atoms with E-state index in [-0.39, 0.29) is 0 Å². The van der Waals surface area contributed by atoms with E-state index in [1.165, 1.54) is 16.3 Å². The highest BCUT2D eigenvalue weighted by molar-refractivity contribution is 7.11. The average Bonchev–Trinajstić information content (AvgIpc) is 2.76. The van der Waals surface area contributed by atoms with Gasteiger partial charge in [0.05, 0.1) is 0 Å². The summed E-state index contributed by atoms with van der Waals surface area (Å²) in [5, 5.41) is 8.28. The SMILES string of the molecule is CCc1cnc(CNC2CCNCC2C)s1. The lowest BCUT2D eigenvalue weighted by Gasteiger charge is -2.30. The van der Waals surface area contributed by atoms with Gasteiger partial charge in [0, 0.05) is 23.7 Å². The monoisotopic (exact) mass is 239 g/mol. The van der Waals surface area contributed by atoms with Crippen molar-refractivity contribution in [2.45, 2.75) is 39.3 Å². The summed E-state index contributed by atoms with van der Waals surface area (Å²) in [6.45, 7) is 7.69. The Morgan fingerprint density at radius 3 is 3.19 bits per heavy atom. The van der Waals surface area contributed by atoms with Gasteiger partial charge in [0.15, 0.2) is 0 Å². The Balaban J connectivity index is 1.81. The minimum atomic E-state index is 0.648. The molecule has 1 aliphatic rings. The number of aryl methyl sites for hydroxylation is 1. The molecule has 0 bridgehead atoms. The van der Waals surface area contributed by atoms with Crippen LogP contribution in [-0.4, -0.2) is 24.1 Å². The van der Waals surface area contributed by atoms with Crippen LogP contribution in [0.5, 0.6) is 0 Å². The number of nitrogens with zero attached hydrogens (tertiary/aromatic N) is 1. The summed E-state index contributed by atoms with van der Waals surface area (Å²) in [7, 11) is 0. The molecule has 2 heterocycles. The summed E-state index contributed by atoms with van der Waals surface area (Å²) < 4.78 is 0. The molecule has 3 nitrogen and oxygen atoms in total. The first-order chi connectivity index (χ1) is 7.79. The molecule has 0 spiro atoms. The van der Waals surface area contributed by atoms with Gasteiger partial charge in [-0.15, -0.1) is 11.3 Å². The number of nitrogens with one attached hydrogen (secondary N) is 2. The topological polar surface area (TPSA) is 37.0 Å². The van der Waals surface area contributed by atoms with E-state index in [0.29, 0.717) is 6.04 Å². The van der Waals surface area contributed by atoms with Gasteiger partial charge < -0.3 is 10.6 Å². The predicted octanol–water partition coefficient (Wildman–Crippen LogP) is 1.79. The van der Waals surface area contributed by atoms with Crippen molar-refractivity contribution in [3.05, 3.63) is 16.1 Å². The Bertz CT molecular complexity index is 324. The van der Waals surface area contributed by atoms with Gasteiger partial charge >= 0.3 is 0 Å². The molecule has 0 aromatic carbocycles. The average molecular weight is 239 g/mol. The third kappa shape index (κ3) is 3.03. The highest BCUT2D eigenvalue weighted by Crippen LogP contribution is 2.15. The Labute approximate surface area is 102 Å². The molecule has 2 unspecified atom stereocenters. The largest absolute Gasteiger partial charge is 0.316 e. The van der Waals surface area contributed by atoms with Crippen LogP contribution in [0.3, 0.4) is 0 Å². The second kappa shape index (κ2) is 5.75. The van der Waals surface area contributed by atoms with E-state index < -0.39 is 0 Å². The third-order valence-electron chi connectivity index (χ3n) is 3.25. The van der Waals surface area contributed by atoms with Gasteiger partial charge in [-0.3, -0.25) is 0 Å². The van der Waals surface area contributed by atoms with Crippen LogP contribution < -0.4 is 10.6 Å². The lowest BCUT2D eigenvalue weighted by atomic mass is 9.95. The van der Waals surface area contributed by atoms with Crippen molar-refractivity contribution in [3.63, 3.8) is 0 Å². The lowest BCUT2D eigenvalue weighted by molar-refractivity contribution is 0.295. The molecular formula is C12H21N3S. The molecule has 1 saturated heterocycles. The quantitative estimate of drug-likeness (QED) is 0.841. The number of hydrogen-bond acceptors (Lipinski definition) is 4. The molecule has 1 aromatic rings. The van der Waals surface area contributed by atoms with Gasteiger partial charge in [-0.25, -0.2) is 4.98 Å². The zero-order valence-corrected chi connectivity index (χ0v) is 10.9. The van der Waals surface area contributed by atoms with Crippen LogP contribution in [0.2, 0.25) is 0 Å². The highest BCUT2D eigenvalue weighted by Gasteiger charge is 2.20. The van der Waals surface area contributed by atoms with Crippen LogP contribution in [0.4, 0.5) is 0 Å². The van der Waals surface area contributed by atoms with E-state index in [9.17, 15) is 0 Å². The van der Waals surface area contributed by atoms with Gasteiger partial charge in [-0.05, 0) is 31.8 Å². The molecule has 90 valence electrons. The number of thiazole rings is 1. The standard InChI is InChI=1S/C12H21N3S/c1-3-10-7-15-12(16-10)8-14-11-4-5-13-6-9(11)2/h7,9,11,13-14H,3-6,8H2,1-2H3. The molecule has 1 aliphatic heterocycles. The molecule has 0 aliphatic carbocycles. The fourth-order valence-electron chi connectivity index (χ4n) is 2.13. The molecule has 0 radical (unpaired) electrons. The first kappa shape index (κ1) is 12.0. The molecule has 2 rings (SSSR count). The molecule has 0 amide bonds. The van der Waals surface area contributed by atoms with Gasteiger partial charge in [-0.2, -0.15) is 0 Å². The fraction of sp³-hybridized carbons (Fsp3) is 0.750. The molecule has 1 aromatic heterocycles. The van der Waals surface area contributed by atoms with Crippen molar-refractivity contribution >= 4 is 11.3 Å². The Morgan fingerprint density at radius 2 is 2.50 bits per heavy atom. The van der Waals surface area contributed by atoms with Crippen LogP contribution in [0.1, 0.15) is 30.2 Å². The van der Waals surface area contributed by atoms with Crippen LogP contribution in [0.25, 0.3) is 0 Å². The molecular weight excluding hydrogens is 218 g/mol. The maximum Gasteiger partial charge on any atom is 0.107 e. The predicted molar refractivity (Wildman–Crippen MR) is 68.8 cm³/mol. The second-order valence-electron chi connectivity index (χ2n) is 4.53. The summed E-state index contributed by atoms with van der Waals surface area (Å²) in [4.78, 5) is 5.82. The zero-order chi connectivity index (χ0) is 11.4. The van der Waals surface area contributed by atoms with Crippen LogP contribution in [0.15, 0.2) is 6.20 Å². The normalized spacial score (nSPS) is 25.9. The van der Waals surface area contributed by atoms with Gasteiger partial charge in [0.2, 0.25) is 0 Å². The van der Waals surface area contributed by atoms with E-state index in [0.717, 1.165) is 32.0 Å². The summed E-state index contributed by atoms with van der Waals surface area (Å²) in [5.41, 5.74) is 0. The lowest BCUT2D eigenvalue weighted by Crippen LogP contribution is -2.45. The van der Waals surface area contributed by atoms with Crippen molar-refractivity contribution in [1.29, 1.82) is 0 Å². The summed E-state index contributed by atoms with van der Waals surface area (Å²) in [6.07, 6.45) is 4.34.